The maximum absolute atomic E-state index is 11.4. The number of nitro benzene ring substituents is 1. The first kappa shape index (κ1) is 16.5. The van der Waals surface area contributed by atoms with E-state index in [1.165, 1.54) is 17.0 Å². The Bertz CT molecular complexity index is 700. The molecule has 1 aromatic carbocycles. The van der Waals surface area contributed by atoms with Crippen LogP contribution in [0.1, 0.15) is 5.56 Å². The number of piperazine rings is 1. The topological polar surface area (TPSA) is 118 Å². The molecular weight excluding hydrogens is 298 g/mol. The molecule has 0 atom stereocenters. The van der Waals surface area contributed by atoms with Gasteiger partial charge in [0.15, 0.2) is 0 Å². The fourth-order valence-corrected chi connectivity index (χ4v) is 2.50. The molecule has 0 spiro atoms. The van der Waals surface area contributed by atoms with Gasteiger partial charge in [-0.1, -0.05) is 6.07 Å². The Balaban J connectivity index is 2.38. The molecule has 8 nitrogen and oxygen atoms in total. The van der Waals surface area contributed by atoms with Crippen molar-refractivity contribution in [3.63, 3.8) is 0 Å². The molecule has 8 heteroatoms. The second-order valence-corrected chi connectivity index (χ2v) is 5.48. The molecule has 0 aliphatic carbocycles. The molecule has 1 saturated heterocycles. The highest BCUT2D eigenvalue weighted by atomic mass is 16.6. The molecule has 1 fully saturated rings. The number of likely N-dealkylation sites (N-methyl/N-ethyl adjacent to an activating group) is 1. The van der Waals surface area contributed by atoms with Crippen LogP contribution in [0.25, 0.3) is 6.08 Å². The minimum atomic E-state index is -0.860. The number of primary amides is 1. The van der Waals surface area contributed by atoms with Crippen LogP contribution in [0, 0.1) is 21.4 Å². The van der Waals surface area contributed by atoms with Gasteiger partial charge in [-0.25, -0.2) is 0 Å². The standard InChI is InChI=1S/C15H17N5O3/c1-18-4-6-19(7-5-18)13-3-2-11(9-14(13)20(22)23)8-12(10-16)15(17)21/h2-3,8-9H,4-7H2,1H3,(H2,17,21)/p+1/b12-8+. The molecule has 1 aromatic rings. The van der Waals surface area contributed by atoms with Crippen LogP contribution in [-0.2, 0) is 4.79 Å². The maximum atomic E-state index is 11.4. The fourth-order valence-electron chi connectivity index (χ4n) is 2.50. The van der Waals surface area contributed by atoms with Crippen LogP contribution in [0.15, 0.2) is 23.8 Å². The van der Waals surface area contributed by atoms with Crippen LogP contribution in [0.3, 0.4) is 0 Å². The van der Waals surface area contributed by atoms with Gasteiger partial charge in [-0.15, -0.1) is 0 Å². The third-order valence-corrected chi connectivity index (χ3v) is 3.85. The van der Waals surface area contributed by atoms with E-state index in [1.807, 2.05) is 4.90 Å². The van der Waals surface area contributed by atoms with E-state index in [-0.39, 0.29) is 11.3 Å². The number of quaternary nitrogens is 1. The molecule has 2 rings (SSSR count). The van der Waals surface area contributed by atoms with Crippen molar-refractivity contribution in [3.8, 4) is 6.07 Å². The Morgan fingerprint density at radius 1 is 1.48 bits per heavy atom. The molecule has 0 aromatic heterocycles. The molecule has 1 heterocycles. The number of nitrogens with one attached hydrogen (secondary N) is 1. The molecule has 120 valence electrons. The van der Waals surface area contributed by atoms with Crippen molar-refractivity contribution >= 4 is 23.4 Å². The molecule has 0 radical (unpaired) electrons. The first-order chi connectivity index (χ1) is 10.9. The predicted molar refractivity (Wildman–Crippen MR) is 84.7 cm³/mol. The summed E-state index contributed by atoms with van der Waals surface area (Å²) >= 11 is 0. The van der Waals surface area contributed by atoms with Crippen molar-refractivity contribution in [1.29, 1.82) is 5.26 Å². The summed E-state index contributed by atoms with van der Waals surface area (Å²) in [5.41, 5.74) is 5.75. The summed E-state index contributed by atoms with van der Waals surface area (Å²) in [7, 11) is 2.09. The zero-order valence-electron chi connectivity index (χ0n) is 12.8. The van der Waals surface area contributed by atoms with Crippen molar-refractivity contribution in [2.45, 2.75) is 0 Å². The number of anilines is 1. The number of nitrogens with two attached hydrogens (primary N) is 1. The molecule has 0 unspecified atom stereocenters. The van der Waals surface area contributed by atoms with E-state index < -0.39 is 10.8 Å². The zero-order valence-corrected chi connectivity index (χ0v) is 12.8. The van der Waals surface area contributed by atoms with Crippen LogP contribution in [0.4, 0.5) is 11.4 Å². The minimum absolute atomic E-state index is 0.0416. The second kappa shape index (κ2) is 6.89. The van der Waals surface area contributed by atoms with Crippen LogP contribution < -0.4 is 15.5 Å². The summed E-state index contributed by atoms with van der Waals surface area (Å²) in [6.07, 6.45) is 1.26. The van der Waals surface area contributed by atoms with Gasteiger partial charge in [0.05, 0.1) is 38.2 Å². The Morgan fingerprint density at radius 2 is 2.13 bits per heavy atom. The van der Waals surface area contributed by atoms with E-state index in [0.29, 0.717) is 11.3 Å². The molecule has 1 amide bonds. The van der Waals surface area contributed by atoms with Gasteiger partial charge in [-0.2, -0.15) is 5.26 Å². The van der Waals surface area contributed by atoms with Crippen molar-refractivity contribution in [3.05, 3.63) is 39.4 Å². The van der Waals surface area contributed by atoms with E-state index in [4.69, 9.17) is 11.0 Å². The third-order valence-electron chi connectivity index (χ3n) is 3.85. The first-order valence-electron chi connectivity index (χ1n) is 7.18. The van der Waals surface area contributed by atoms with Crippen molar-refractivity contribution in [2.24, 2.45) is 5.73 Å². The Kier molecular flexibility index (Phi) is 4.93. The molecule has 3 N–H and O–H groups in total. The summed E-state index contributed by atoms with van der Waals surface area (Å²) in [4.78, 5) is 25.4. The quantitative estimate of drug-likeness (QED) is 0.330. The van der Waals surface area contributed by atoms with Crippen molar-refractivity contribution in [2.75, 3.05) is 38.1 Å². The van der Waals surface area contributed by atoms with E-state index in [1.54, 1.807) is 18.2 Å². The number of carbonyl (C=O) groups excluding carboxylic acids is 1. The van der Waals surface area contributed by atoms with Crippen molar-refractivity contribution < 1.29 is 14.6 Å². The highest BCUT2D eigenvalue weighted by Gasteiger charge is 2.24. The number of hydrogen-bond donors (Lipinski definition) is 2. The highest BCUT2D eigenvalue weighted by molar-refractivity contribution is 6.00. The van der Waals surface area contributed by atoms with Crippen molar-refractivity contribution in [1.82, 2.24) is 0 Å². The SMILES string of the molecule is C[NH+]1CCN(c2ccc(/C=C(\C#N)C(N)=O)cc2[N+](=O)[O-])CC1. The minimum Gasteiger partial charge on any atom is -0.365 e. The summed E-state index contributed by atoms with van der Waals surface area (Å²) < 4.78 is 0. The van der Waals surface area contributed by atoms with Crippen LogP contribution >= 0.6 is 0 Å². The number of nitro groups is 1. The Labute approximate surface area is 133 Å². The second-order valence-electron chi connectivity index (χ2n) is 5.48. The Morgan fingerprint density at radius 3 is 2.65 bits per heavy atom. The lowest BCUT2D eigenvalue weighted by molar-refractivity contribution is -0.880. The molecule has 0 saturated carbocycles. The summed E-state index contributed by atoms with van der Waals surface area (Å²) in [5, 5.41) is 20.2. The number of nitrogens with zero attached hydrogens (tertiary/aromatic N) is 3. The zero-order chi connectivity index (χ0) is 17.0. The van der Waals surface area contributed by atoms with Crippen LogP contribution in [-0.4, -0.2) is 44.1 Å². The molecular formula is C15H18N5O3+. The van der Waals surface area contributed by atoms with Gasteiger partial charge in [-0.3, -0.25) is 14.9 Å². The smallest absolute Gasteiger partial charge is 0.293 e. The van der Waals surface area contributed by atoms with Gasteiger partial charge < -0.3 is 15.5 Å². The molecule has 1 aliphatic heterocycles. The van der Waals surface area contributed by atoms with Gasteiger partial charge in [-0.05, 0) is 17.7 Å². The monoisotopic (exact) mass is 316 g/mol. The van der Waals surface area contributed by atoms with Gasteiger partial charge >= 0.3 is 0 Å². The Hall–Kier alpha value is -2.92. The first-order valence-corrected chi connectivity index (χ1v) is 7.18. The normalized spacial score (nSPS) is 16.0. The predicted octanol–water partition coefficient (Wildman–Crippen LogP) is -0.678. The van der Waals surface area contributed by atoms with E-state index in [0.717, 1.165) is 26.2 Å². The largest absolute Gasteiger partial charge is 0.365 e. The van der Waals surface area contributed by atoms with Gasteiger partial charge in [0.25, 0.3) is 11.6 Å². The lowest BCUT2D eigenvalue weighted by Gasteiger charge is -2.31. The lowest BCUT2D eigenvalue weighted by atomic mass is 10.1. The van der Waals surface area contributed by atoms with E-state index in [9.17, 15) is 14.9 Å². The highest BCUT2D eigenvalue weighted by Crippen LogP contribution is 2.30. The summed E-state index contributed by atoms with van der Waals surface area (Å²) in [6.45, 7) is 3.32. The molecule has 23 heavy (non-hydrogen) atoms. The van der Waals surface area contributed by atoms with Gasteiger partial charge in [0.2, 0.25) is 0 Å². The van der Waals surface area contributed by atoms with Crippen LogP contribution in [0.2, 0.25) is 0 Å². The number of rotatable bonds is 4. The van der Waals surface area contributed by atoms with E-state index in [2.05, 4.69) is 7.05 Å². The number of hydrogen-bond acceptors (Lipinski definition) is 5. The molecule has 1 aliphatic rings. The fraction of sp³-hybridized carbons (Fsp3) is 0.333. The van der Waals surface area contributed by atoms with Gasteiger partial charge in [0, 0.05) is 6.07 Å². The lowest BCUT2D eigenvalue weighted by Crippen LogP contribution is -3.12. The summed E-state index contributed by atoms with van der Waals surface area (Å²) in [6, 6.07) is 6.35. The maximum Gasteiger partial charge on any atom is 0.293 e. The van der Waals surface area contributed by atoms with Crippen LogP contribution in [0.5, 0.6) is 0 Å². The number of benzene rings is 1. The van der Waals surface area contributed by atoms with E-state index >= 15 is 0 Å². The number of nitriles is 1. The van der Waals surface area contributed by atoms with Gasteiger partial charge in [0.1, 0.15) is 17.3 Å². The average Bonchev–Trinajstić information content (AvgIpc) is 2.53. The average molecular weight is 316 g/mol. The number of carbonyl (C=O) groups is 1. The summed E-state index contributed by atoms with van der Waals surface area (Å²) in [5.74, 6) is -0.860. The molecule has 0 bridgehead atoms. The third kappa shape index (κ3) is 3.84. The number of amides is 1.